The van der Waals surface area contributed by atoms with Crippen molar-refractivity contribution in [2.45, 2.75) is 4.21 Å². The van der Waals surface area contributed by atoms with Gasteiger partial charge in [0.1, 0.15) is 10.3 Å². The molecule has 0 saturated carbocycles. The summed E-state index contributed by atoms with van der Waals surface area (Å²) < 4.78 is 26.9. The SMILES string of the molecule is N#Cc1ccc(NC(=O)C[NH+]2CCN(S(=O)(=O)c3cccs3)CC2)cc1Cl. The highest BCUT2D eigenvalue weighted by Crippen LogP contribution is 2.21. The Morgan fingerprint density at radius 2 is 2.07 bits per heavy atom. The molecular formula is C17H18ClN4O3S2+. The molecule has 1 aromatic heterocycles. The van der Waals surface area contributed by atoms with Crippen LogP contribution in [0.5, 0.6) is 0 Å². The first kappa shape index (κ1) is 19.8. The molecule has 0 unspecified atom stereocenters. The number of rotatable bonds is 5. The topological polar surface area (TPSA) is 94.7 Å². The maximum atomic E-state index is 12.5. The van der Waals surface area contributed by atoms with E-state index in [1.165, 1.54) is 15.6 Å². The first-order chi connectivity index (χ1) is 12.9. The summed E-state index contributed by atoms with van der Waals surface area (Å²) in [6.45, 7) is 2.12. The lowest BCUT2D eigenvalue weighted by molar-refractivity contribution is -0.895. The smallest absolute Gasteiger partial charge is 0.279 e. The number of thiophene rings is 1. The fourth-order valence-corrected chi connectivity index (χ4v) is 5.68. The summed E-state index contributed by atoms with van der Waals surface area (Å²) in [6.07, 6.45) is 0. The van der Waals surface area contributed by atoms with Crippen LogP contribution in [0.25, 0.3) is 0 Å². The van der Waals surface area contributed by atoms with Gasteiger partial charge in [-0.1, -0.05) is 17.7 Å². The van der Waals surface area contributed by atoms with E-state index < -0.39 is 10.0 Å². The highest BCUT2D eigenvalue weighted by molar-refractivity contribution is 7.91. The van der Waals surface area contributed by atoms with Gasteiger partial charge in [0, 0.05) is 5.69 Å². The second-order valence-electron chi connectivity index (χ2n) is 6.12. The molecule has 0 bridgehead atoms. The normalized spacial score (nSPS) is 16.0. The zero-order valence-corrected chi connectivity index (χ0v) is 16.7. The number of benzene rings is 1. The maximum Gasteiger partial charge on any atom is 0.279 e. The summed E-state index contributed by atoms with van der Waals surface area (Å²) in [5, 5.41) is 13.7. The second-order valence-corrected chi connectivity index (χ2v) is 9.64. The van der Waals surface area contributed by atoms with Crippen LogP contribution in [0, 0.1) is 11.3 Å². The van der Waals surface area contributed by atoms with Crippen molar-refractivity contribution in [3.05, 3.63) is 46.3 Å². The summed E-state index contributed by atoms with van der Waals surface area (Å²) in [7, 11) is -3.43. The third-order valence-electron chi connectivity index (χ3n) is 4.30. The van der Waals surface area contributed by atoms with Crippen LogP contribution < -0.4 is 10.2 Å². The monoisotopic (exact) mass is 425 g/mol. The van der Waals surface area contributed by atoms with Gasteiger partial charge in [-0.25, -0.2) is 8.42 Å². The molecule has 1 aliphatic heterocycles. The molecule has 2 heterocycles. The molecule has 0 radical (unpaired) electrons. The Morgan fingerprint density at radius 1 is 1.33 bits per heavy atom. The molecule has 2 aromatic rings. The molecule has 7 nitrogen and oxygen atoms in total. The maximum absolute atomic E-state index is 12.5. The van der Waals surface area contributed by atoms with Crippen molar-refractivity contribution >= 4 is 44.6 Å². The number of amides is 1. The van der Waals surface area contributed by atoms with E-state index in [0.717, 1.165) is 4.90 Å². The molecule has 0 aliphatic carbocycles. The summed E-state index contributed by atoms with van der Waals surface area (Å²) in [5.41, 5.74) is 0.880. The van der Waals surface area contributed by atoms with Crippen molar-refractivity contribution in [3.63, 3.8) is 0 Å². The van der Waals surface area contributed by atoms with Crippen LogP contribution in [0.1, 0.15) is 5.56 Å². The van der Waals surface area contributed by atoms with Crippen LogP contribution in [-0.4, -0.2) is 51.4 Å². The number of quaternary nitrogens is 1. The summed E-state index contributed by atoms with van der Waals surface area (Å²) in [4.78, 5) is 13.3. The van der Waals surface area contributed by atoms with Crippen LogP contribution in [0.2, 0.25) is 5.02 Å². The zero-order chi connectivity index (χ0) is 19.4. The summed E-state index contributed by atoms with van der Waals surface area (Å²) >= 11 is 7.17. The minimum Gasteiger partial charge on any atom is -0.325 e. The number of halogens is 1. The standard InChI is InChI=1S/C17H17ClN4O3S2/c18-15-10-14(4-3-13(15)11-19)20-16(23)12-21-5-7-22(8-6-21)27(24,25)17-2-1-9-26-17/h1-4,9-10H,5-8,12H2,(H,20,23)/p+1. The molecule has 1 amide bonds. The van der Waals surface area contributed by atoms with Gasteiger partial charge in [-0.05, 0) is 29.6 Å². The molecule has 10 heteroatoms. The van der Waals surface area contributed by atoms with E-state index >= 15 is 0 Å². The molecular weight excluding hydrogens is 408 g/mol. The molecule has 27 heavy (non-hydrogen) atoms. The molecule has 3 rings (SSSR count). The number of piperazine rings is 1. The Labute approximate surface area is 166 Å². The van der Waals surface area contributed by atoms with Gasteiger partial charge in [0.25, 0.3) is 15.9 Å². The third-order valence-corrected chi connectivity index (χ3v) is 7.89. The van der Waals surface area contributed by atoms with E-state index in [9.17, 15) is 13.2 Å². The minimum atomic E-state index is -3.43. The number of sulfonamides is 1. The Bertz CT molecular complexity index is 963. The highest BCUT2D eigenvalue weighted by Gasteiger charge is 2.31. The Hall–Kier alpha value is -1.96. The summed E-state index contributed by atoms with van der Waals surface area (Å²) in [6, 6.07) is 10.0. The molecule has 1 saturated heterocycles. The zero-order valence-electron chi connectivity index (χ0n) is 14.3. The van der Waals surface area contributed by atoms with Gasteiger partial charge in [-0.15, -0.1) is 11.3 Å². The number of carbonyl (C=O) groups is 1. The van der Waals surface area contributed by atoms with E-state index in [1.807, 2.05) is 6.07 Å². The molecule has 1 aromatic carbocycles. The lowest BCUT2D eigenvalue weighted by atomic mass is 10.2. The Kier molecular flexibility index (Phi) is 6.14. The molecule has 2 N–H and O–H groups in total. The molecule has 1 aliphatic rings. The number of nitriles is 1. The first-order valence-corrected chi connectivity index (χ1v) is 11.0. The largest absolute Gasteiger partial charge is 0.325 e. The quantitative estimate of drug-likeness (QED) is 0.740. The van der Waals surface area contributed by atoms with Crippen LogP contribution in [-0.2, 0) is 14.8 Å². The molecule has 1 fully saturated rings. The van der Waals surface area contributed by atoms with Crippen molar-refractivity contribution in [2.75, 3.05) is 38.0 Å². The van der Waals surface area contributed by atoms with Crippen LogP contribution in [0.15, 0.2) is 39.9 Å². The van der Waals surface area contributed by atoms with Crippen molar-refractivity contribution in [1.82, 2.24) is 4.31 Å². The fraction of sp³-hybridized carbons (Fsp3) is 0.294. The average molecular weight is 426 g/mol. The van der Waals surface area contributed by atoms with Gasteiger partial charge >= 0.3 is 0 Å². The number of nitrogens with zero attached hydrogens (tertiary/aromatic N) is 2. The van der Waals surface area contributed by atoms with Gasteiger partial charge in [-0.3, -0.25) is 4.79 Å². The van der Waals surface area contributed by atoms with Crippen molar-refractivity contribution in [2.24, 2.45) is 0 Å². The van der Waals surface area contributed by atoms with E-state index in [2.05, 4.69) is 5.32 Å². The van der Waals surface area contributed by atoms with E-state index in [-0.39, 0.29) is 17.5 Å². The lowest BCUT2D eigenvalue weighted by Gasteiger charge is -2.30. The minimum absolute atomic E-state index is 0.180. The van der Waals surface area contributed by atoms with Gasteiger partial charge in [0.05, 0.1) is 36.8 Å². The fourth-order valence-electron chi connectivity index (χ4n) is 2.87. The average Bonchev–Trinajstić information content (AvgIpc) is 3.18. The molecule has 142 valence electrons. The Morgan fingerprint density at radius 3 is 2.67 bits per heavy atom. The van der Waals surface area contributed by atoms with Crippen LogP contribution in [0.4, 0.5) is 5.69 Å². The number of nitrogens with one attached hydrogen (secondary N) is 2. The predicted molar refractivity (Wildman–Crippen MR) is 103 cm³/mol. The van der Waals surface area contributed by atoms with E-state index in [0.29, 0.717) is 41.6 Å². The van der Waals surface area contributed by atoms with Crippen LogP contribution >= 0.6 is 22.9 Å². The number of hydrogen-bond acceptors (Lipinski definition) is 5. The molecule has 0 atom stereocenters. The van der Waals surface area contributed by atoms with Gasteiger partial charge in [0.2, 0.25) is 0 Å². The van der Waals surface area contributed by atoms with Crippen molar-refractivity contribution in [3.8, 4) is 6.07 Å². The van der Waals surface area contributed by atoms with Gasteiger partial charge in [0.15, 0.2) is 6.54 Å². The van der Waals surface area contributed by atoms with E-state index in [4.69, 9.17) is 16.9 Å². The molecule has 0 spiro atoms. The predicted octanol–water partition coefficient (Wildman–Crippen LogP) is 0.801. The lowest BCUT2D eigenvalue weighted by Crippen LogP contribution is -3.15. The van der Waals surface area contributed by atoms with Crippen LogP contribution in [0.3, 0.4) is 0 Å². The summed E-state index contributed by atoms with van der Waals surface area (Å²) in [5.74, 6) is -0.180. The number of carbonyl (C=O) groups excluding carboxylic acids is 1. The van der Waals surface area contributed by atoms with Crippen molar-refractivity contribution < 1.29 is 18.1 Å². The Balaban J connectivity index is 1.53. The first-order valence-electron chi connectivity index (χ1n) is 8.27. The number of anilines is 1. The van der Waals surface area contributed by atoms with Crippen molar-refractivity contribution in [1.29, 1.82) is 5.26 Å². The van der Waals surface area contributed by atoms with Gasteiger partial charge < -0.3 is 10.2 Å². The third kappa shape index (κ3) is 4.66. The number of hydrogen-bond donors (Lipinski definition) is 2. The highest BCUT2D eigenvalue weighted by atomic mass is 35.5. The second kappa shape index (κ2) is 8.37. The van der Waals surface area contributed by atoms with E-state index in [1.54, 1.807) is 35.7 Å². The van der Waals surface area contributed by atoms with Gasteiger partial charge in [-0.2, -0.15) is 9.57 Å².